The molecule has 1 aromatic carbocycles. The second kappa shape index (κ2) is 6.76. The number of benzene rings is 1. The summed E-state index contributed by atoms with van der Waals surface area (Å²) in [5.74, 6) is -0.0673. The minimum atomic E-state index is -4.44. The Morgan fingerprint density at radius 2 is 1.96 bits per heavy atom. The molecule has 124 valence electrons. The Balaban J connectivity index is 3.38. The molecule has 0 saturated carbocycles. The normalized spacial score (nSPS) is 13.6. The molecule has 0 heterocycles. The molecule has 0 atom stereocenters. The van der Waals surface area contributed by atoms with Crippen LogP contribution in [0.4, 0.5) is 5.69 Å². The van der Waals surface area contributed by atoms with Crippen molar-refractivity contribution in [1.82, 2.24) is 0 Å². The summed E-state index contributed by atoms with van der Waals surface area (Å²) in [4.78, 5) is -0.450. The van der Waals surface area contributed by atoms with E-state index in [1.165, 1.54) is 7.11 Å². The number of nitriles is 1. The minimum Gasteiger partial charge on any atom is -0.506 e. The first-order valence-electron chi connectivity index (χ1n) is 6.41. The quantitative estimate of drug-likeness (QED) is 0.375. The molecule has 1 aromatic rings. The van der Waals surface area contributed by atoms with E-state index in [2.05, 4.69) is 10.2 Å². The van der Waals surface area contributed by atoms with Crippen LogP contribution in [0.3, 0.4) is 0 Å². The lowest BCUT2D eigenvalue weighted by molar-refractivity contribution is 0.202. The largest absolute Gasteiger partial charge is 0.506 e. The van der Waals surface area contributed by atoms with Crippen molar-refractivity contribution >= 4 is 15.8 Å². The van der Waals surface area contributed by atoms with Crippen LogP contribution < -0.4 is 0 Å². The van der Waals surface area contributed by atoms with Crippen molar-refractivity contribution in [3.8, 4) is 11.8 Å². The molecule has 1 rings (SSSR count). The highest BCUT2D eigenvalue weighted by Gasteiger charge is 2.23. The summed E-state index contributed by atoms with van der Waals surface area (Å²) in [6, 6.07) is 4.84. The average molecular weight is 339 g/mol. The fourth-order valence-electron chi connectivity index (χ4n) is 1.72. The zero-order valence-electron chi connectivity index (χ0n) is 13.1. The van der Waals surface area contributed by atoms with Gasteiger partial charge in [-0.25, -0.2) is 0 Å². The molecular weight excluding hydrogens is 322 g/mol. The number of hydrogen-bond acceptors (Lipinski definition) is 7. The predicted octanol–water partition coefficient (Wildman–Crippen LogP) is 3.15. The van der Waals surface area contributed by atoms with E-state index in [9.17, 15) is 18.8 Å². The van der Waals surface area contributed by atoms with Gasteiger partial charge >= 0.3 is 0 Å². The first kappa shape index (κ1) is 18.6. The van der Waals surface area contributed by atoms with Crippen LogP contribution in [0.15, 0.2) is 44.8 Å². The molecule has 0 spiro atoms. The Kier molecular flexibility index (Phi) is 5.47. The van der Waals surface area contributed by atoms with Gasteiger partial charge in [-0.1, -0.05) is 20.8 Å². The van der Waals surface area contributed by atoms with Crippen molar-refractivity contribution in [1.29, 1.82) is 5.26 Å². The number of hydrogen-bond donors (Lipinski definition) is 2. The molecule has 0 aliphatic heterocycles. The van der Waals surface area contributed by atoms with Gasteiger partial charge in [0.25, 0.3) is 10.1 Å². The summed E-state index contributed by atoms with van der Waals surface area (Å²) >= 11 is 0. The van der Waals surface area contributed by atoms with E-state index < -0.39 is 20.4 Å². The SMILES string of the molecule is COC(=C(C#N)N=Nc1cc(S(=O)(=O)O)ccc1O)C(C)(C)C. The fourth-order valence-corrected chi connectivity index (χ4v) is 2.22. The monoisotopic (exact) mass is 339 g/mol. The van der Waals surface area contributed by atoms with Gasteiger partial charge in [0.1, 0.15) is 23.3 Å². The summed E-state index contributed by atoms with van der Waals surface area (Å²) in [5, 5.41) is 26.3. The maximum Gasteiger partial charge on any atom is 0.294 e. The number of ether oxygens (including phenoxy) is 1. The Morgan fingerprint density at radius 1 is 1.35 bits per heavy atom. The van der Waals surface area contributed by atoms with Crippen molar-refractivity contribution in [2.45, 2.75) is 25.7 Å². The molecule has 2 N–H and O–H groups in total. The predicted molar refractivity (Wildman–Crippen MR) is 81.5 cm³/mol. The third kappa shape index (κ3) is 4.77. The number of azo groups is 1. The molecule has 0 aromatic heterocycles. The molecule has 23 heavy (non-hydrogen) atoms. The van der Waals surface area contributed by atoms with Crippen LogP contribution in [-0.4, -0.2) is 25.2 Å². The van der Waals surface area contributed by atoms with Gasteiger partial charge in [0.15, 0.2) is 0 Å². The number of aromatic hydroxyl groups is 1. The Hall–Kier alpha value is -2.44. The summed E-state index contributed by atoms with van der Waals surface area (Å²) < 4.78 is 36.4. The van der Waals surface area contributed by atoms with Crippen molar-refractivity contribution in [2.24, 2.45) is 15.6 Å². The van der Waals surface area contributed by atoms with Gasteiger partial charge < -0.3 is 9.84 Å². The van der Waals surface area contributed by atoms with Crippen molar-refractivity contribution in [3.05, 3.63) is 29.7 Å². The van der Waals surface area contributed by atoms with E-state index in [4.69, 9.17) is 9.29 Å². The number of rotatable bonds is 4. The van der Waals surface area contributed by atoms with E-state index in [1.807, 2.05) is 26.8 Å². The van der Waals surface area contributed by atoms with E-state index in [-0.39, 0.29) is 22.9 Å². The topological polar surface area (TPSA) is 132 Å². The molecule has 0 fully saturated rings. The highest BCUT2D eigenvalue weighted by molar-refractivity contribution is 7.85. The maximum absolute atomic E-state index is 11.1. The standard InChI is InChI=1S/C14H17N3O5S/c1-14(2,3)13(22-4)11(8-15)17-16-10-7-9(23(19,20)21)5-6-12(10)18/h5-7,18H,1-4H3,(H,19,20,21). The van der Waals surface area contributed by atoms with Gasteiger partial charge in [-0.3, -0.25) is 4.55 Å². The van der Waals surface area contributed by atoms with Crippen LogP contribution in [0, 0.1) is 16.7 Å². The molecule has 0 unspecified atom stereocenters. The Labute approximate surface area is 134 Å². The van der Waals surface area contributed by atoms with Crippen molar-refractivity contribution < 1.29 is 22.8 Å². The summed E-state index contributed by atoms with van der Waals surface area (Å²) in [6.45, 7) is 5.44. The highest BCUT2D eigenvalue weighted by Crippen LogP contribution is 2.32. The second-order valence-electron chi connectivity index (χ2n) is 5.57. The molecule has 8 nitrogen and oxygen atoms in total. The molecule has 0 saturated heterocycles. The summed E-state index contributed by atoms with van der Waals surface area (Å²) in [5.41, 5.74) is -0.828. The highest BCUT2D eigenvalue weighted by atomic mass is 32.2. The van der Waals surface area contributed by atoms with Gasteiger partial charge in [-0.05, 0) is 18.2 Å². The van der Waals surface area contributed by atoms with Gasteiger partial charge in [-0.15, -0.1) is 10.2 Å². The van der Waals surface area contributed by atoms with Crippen LogP contribution in [0.5, 0.6) is 5.75 Å². The van der Waals surface area contributed by atoms with Gasteiger partial charge in [0.05, 0.1) is 12.0 Å². The number of allylic oxidation sites excluding steroid dienone is 2. The van der Waals surface area contributed by atoms with E-state index in [1.54, 1.807) is 0 Å². The van der Waals surface area contributed by atoms with Gasteiger partial charge in [0, 0.05) is 5.41 Å². The third-order valence-electron chi connectivity index (χ3n) is 2.71. The Bertz CT molecular complexity index is 799. The molecule has 0 amide bonds. The second-order valence-corrected chi connectivity index (χ2v) is 6.99. The first-order chi connectivity index (χ1) is 10.5. The first-order valence-corrected chi connectivity index (χ1v) is 7.85. The molecule has 0 radical (unpaired) electrons. The van der Waals surface area contributed by atoms with Crippen LogP contribution in [0.1, 0.15) is 20.8 Å². The lowest BCUT2D eigenvalue weighted by atomic mass is 9.92. The van der Waals surface area contributed by atoms with Gasteiger partial charge in [0.2, 0.25) is 5.70 Å². The number of methoxy groups -OCH3 is 1. The van der Waals surface area contributed by atoms with Crippen molar-refractivity contribution in [2.75, 3.05) is 7.11 Å². The maximum atomic E-state index is 11.1. The zero-order chi connectivity index (χ0) is 17.8. The van der Waals surface area contributed by atoms with Crippen LogP contribution >= 0.6 is 0 Å². The number of phenolic OH excluding ortho intramolecular Hbond substituents is 1. The Morgan fingerprint density at radius 3 is 2.39 bits per heavy atom. The number of phenols is 1. The van der Waals surface area contributed by atoms with Crippen LogP contribution in [0.25, 0.3) is 0 Å². The number of nitrogens with zero attached hydrogens (tertiary/aromatic N) is 3. The van der Waals surface area contributed by atoms with Gasteiger partial charge in [-0.2, -0.15) is 13.7 Å². The molecule has 0 bridgehead atoms. The van der Waals surface area contributed by atoms with E-state index >= 15 is 0 Å². The third-order valence-corrected chi connectivity index (χ3v) is 3.56. The summed E-state index contributed by atoms with van der Waals surface area (Å²) in [7, 11) is -3.05. The zero-order valence-corrected chi connectivity index (χ0v) is 13.9. The molecule has 0 aliphatic carbocycles. The smallest absolute Gasteiger partial charge is 0.294 e. The summed E-state index contributed by atoms with van der Waals surface area (Å²) in [6.07, 6.45) is 0. The fraction of sp³-hybridized carbons (Fsp3) is 0.357. The van der Waals surface area contributed by atoms with Crippen LogP contribution in [0.2, 0.25) is 0 Å². The lowest BCUT2D eigenvalue weighted by Gasteiger charge is -2.21. The molecule has 0 aliphatic rings. The molecule has 9 heteroatoms. The van der Waals surface area contributed by atoms with E-state index in [0.717, 1.165) is 18.2 Å². The van der Waals surface area contributed by atoms with Crippen molar-refractivity contribution in [3.63, 3.8) is 0 Å². The molecular formula is C14H17N3O5S. The lowest BCUT2D eigenvalue weighted by Crippen LogP contribution is -2.13. The average Bonchev–Trinajstić information content (AvgIpc) is 2.42. The van der Waals surface area contributed by atoms with Crippen LogP contribution in [-0.2, 0) is 14.9 Å². The van der Waals surface area contributed by atoms with E-state index in [0.29, 0.717) is 0 Å². The minimum absolute atomic E-state index is 0.114.